The van der Waals surface area contributed by atoms with E-state index < -0.39 is 0 Å². The van der Waals surface area contributed by atoms with Crippen LogP contribution in [-0.4, -0.2) is 30.2 Å². The number of hydrogen-bond acceptors (Lipinski definition) is 5. The molecule has 1 fully saturated rings. The Labute approximate surface area is 163 Å². The molecule has 0 radical (unpaired) electrons. The number of pyridine rings is 1. The number of hydrogen-bond donors (Lipinski definition) is 1. The minimum Gasteiger partial charge on any atom is -0.449 e. The minimum absolute atomic E-state index is 0.250. The quantitative estimate of drug-likeness (QED) is 0.705. The second kappa shape index (κ2) is 8.54. The van der Waals surface area contributed by atoms with E-state index in [-0.39, 0.29) is 17.8 Å². The van der Waals surface area contributed by atoms with E-state index in [0.717, 1.165) is 42.9 Å². The molecule has 0 spiro atoms. The Bertz CT molecular complexity index is 960. The number of nitrogens with zero attached hydrogens (tertiary/aromatic N) is 1. The zero-order valence-corrected chi connectivity index (χ0v) is 15.9. The Kier molecular flexibility index (Phi) is 5.69. The summed E-state index contributed by atoms with van der Waals surface area (Å²) in [6, 6.07) is 13.4. The van der Waals surface area contributed by atoms with Crippen molar-refractivity contribution in [2.75, 3.05) is 13.2 Å². The number of carbonyl (C=O) groups is 1. The Morgan fingerprint density at radius 2 is 2.00 bits per heavy atom. The molecule has 28 heavy (non-hydrogen) atoms. The lowest BCUT2D eigenvalue weighted by atomic mass is 10.1. The number of rotatable bonds is 6. The Balaban J connectivity index is 1.34. The van der Waals surface area contributed by atoms with Gasteiger partial charge in [0.15, 0.2) is 11.3 Å². The van der Waals surface area contributed by atoms with Crippen molar-refractivity contribution in [2.24, 2.45) is 0 Å². The number of aromatic nitrogens is 1. The zero-order valence-electron chi connectivity index (χ0n) is 15.9. The van der Waals surface area contributed by atoms with Gasteiger partial charge in [0.05, 0.1) is 12.7 Å². The summed E-state index contributed by atoms with van der Waals surface area (Å²) in [5, 5.41) is 2.91. The summed E-state index contributed by atoms with van der Waals surface area (Å²) in [5.41, 5.74) is 4.31. The molecule has 0 unspecified atom stereocenters. The maximum Gasteiger partial charge on any atom is 0.287 e. The lowest BCUT2D eigenvalue weighted by molar-refractivity contribution is -0.0390. The van der Waals surface area contributed by atoms with E-state index in [9.17, 15) is 4.79 Å². The first-order chi connectivity index (χ1) is 13.7. The van der Waals surface area contributed by atoms with Gasteiger partial charge in [-0.05, 0) is 43.0 Å². The van der Waals surface area contributed by atoms with Gasteiger partial charge in [0.25, 0.3) is 5.91 Å². The number of benzene rings is 1. The normalized spacial score (nSPS) is 15.0. The Hall–Kier alpha value is -2.70. The highest BCUT2D eigenvalue weighted by Gasteiger charge is 2.15. The molecule has 1 saturated heterocycles. The molecule has 0 aliphatic carbocycles. The van der Waals surface area contributed by atoms with E-state index in [0.29, 0.717) is 24.3 Å². The third-order valence-electron chi connectivity index (χ3n) is 4.84. The van der Waals surface area contributed by atoms with Crippen molar-refractivity contribution >= 4 is 17.0 Å². The molecule has 6 nitrogen and oxygen atoms in total. The van der Waals surface area contributed by atoms with Crippen molar-refractivity contribution in [1.82, 2.24) is 10.3 Å². The molecular weight excluding hydrogens is 356 g/mol. The van der Waals surface area contributed by atoms with Gasteiger partial charge in [-0.1, -0.05) is 24.3 Å². The van der Waals surface area contributed by atoms with Gasteiger partial charge in [-0.3, -0.25) is 4.79 Å². The molecule has 1 aromatic carbocycles. The first-order valence-corrected chi connectivity index (χ1v) is 9.60. The molecule has 1 aliphatic rings. The first-order valence-electron chi connectivity index (χ1n) is 9.60. The lowest BCUT2D eigenvalue weighted by Crippen LogP contribution is -2.23. The lowest BCUT2D eigenvalue weighted by Gasteiger charge is -2.22. The molecule has 6 heteroatoms. The van der Waals surface area contributed by atoms with E-state index >= 15 is 0 Å². The first kappa shape index (κ1) is 18.7. The van der Waals surface area contributed by atoms with Crippen LogP contribution in [0.15, 0.2) is 46.9 Å². The summed E-state index contributed by atoms with van der Waals surface area (Å²) in [6.07, 6.45) is 2.16. The summed E-state index contributed by atoms with van der Waals surface area (Å²) in [6.45, 7) is 4.45. The summed E-state index contributed by atoms with van der Waals surface area (Å²) in [4.78, 5) is 16.8. The number of aryl methyl sites for hydroxylation is 1. The highest BCUT2D eigenvalue weighted by molar-refractivity contribution is 5.95. The fraction of sp³-hybridized carbons (Fsp3) is 0.364. The maximum atomic E-state index is 12.4. The smallest absolute Gasteiger partial charge is 0.287 e. The van der Waals surface area contributed by atoms with E-state index in [2.05, 4.69) is 16.4 Å². The number of fused-ring (bicyclic) bond motifs is 1. The predicted octanol–water partition coefficient (Wildman–Crippen LogP) is 3.76. The molecule has 1 amide bonds. The van der Waals surface area contributed by atoms with E-state index in [1.807, 2.05) is 37.3 Å². The topological polar surface area (TPSA) is 73.6 Å². The van der Waals surface area contributed by atoms with Gasteiger partial charge in [-0.15, -0.1) is 0 Å². The maximum absolute atomic E-state index is 12.4. The summed E-state index contributed by atoms with van der Waals surface area (Å²) >= 11 is 0. The molecule has 0 bridgehead atoms. The van der Waals surface area contributed by atoms with Crippen LogP contribution in [0.25, 0.3) is 11.1 Å². The van der Waals surface area contributed by atoms with Crippen LogP contribution in [0.3, 0.4) is 0 Å². The Morgan fingerprint density at radius 3 is 2.86 bits per heavy atom. The van der Waals surface area contributed by atoms with Crippen LogP contribution in [-0.2, 0) is 22.6 Å². The van der Waals surface area contributed by atoms with Gasteiger partial charge in [-0.25, -0.2) is 4.98 Å². The average Bonchev–Trinajstić information content (AvgIpc) is 3.15. The SMILES string of the molecule is Cc1ccc2oc(C(=O)NCc3cccc(COC4CCOCC4)c3)cc2n1. The van der Waals surface area contributed by atoms with E-state index in [4.69, 9.17) is 13.9 Å². The summed E-state index contributed by atoms with van der Waals surface area (Å²) < 4.78 is 16.9. The van der Waals surface area contributed by atoms with Crippen molar-refractivity contribution < 1.29 is 18.7 Å². The highest BCUT2D eigenvalue weighted by Crippen LogP contribution is 2.18. The fourth-order valence-electron chi connectivity index (χ4n) is 3.29. The molecule has 3 aromatic rings. The van der Waals surface area contributed by atoms with Crippen LogP contribution in [0.4, 0.5) is 0 Å². The van der Waals surface area contributed by atoms with Crippen LogP contribution in [0.2, 0.25) is 0 Å². The van der Waals surface area contributed by atoms with Gasteiger partial charge in [0.2, 0.25) is 0 Å². The molecule has 146 valence electrons. The second-order valence-corrected chi connectivity index (χ2v) is 7.07. The van der Waals surface area contributed by atoms with Crippen molar-refractivity contribution in [3.05, 3.63) is 65.0 Å². The number of amides is 1. The largest absolute Gasteiger partial charge is 0.449 e. The zero-order chi connectivity index (χ0) is 19.3. The average molecular weight is 380 g/mol. The van der Waals surface area contributed by atoms with E-state index in [1.165, 1.54) is 0 Å². The number of furan rings is 1. The van der Waals surface area contributed by atoms with Crippen molar-refractivity contribution in [2.45, 2.75) is 39.0 Å². The van der Waals surface area contributed by atoms with Crippen LogP contribution in [0.1, 0.15) is 40.2 Å². The Morgan fingerprint density at radius 1 is 1.18 bits per heavy atom. The third kappa shape index (κ3) is 4.58. The number of ether oxygens (including phenoxy) is 2. The van der Waals surface area contributed by atoms with Crippen molar-refractivity contribution in [1.29, 1.82) is 0 Å². The van der Waals surface area contributed by atoms with Gasteiger partial charge >= 0.3 is 0 Å². The van der Waals surface area contributed by atoms with Gasteiger partial charge < -0.3 is 19.2 Å². The van der Waals surface area contributed by atoms with Crippen LogP contribution >= 0.6 is 0 Å². The summed E-state index contributed by atoms with van der Waals surface area (Å²) in [5.74, 6) is 0.0200. The van der Waals surface area contributed by atoms with Crippen LogP contribution < -0.4 is 5.32 Å². The second-order valence-electron chi connectivity index (χ2n) is 7.07. The highest BCUT2D eigenvalue weighted by atomic mass is 16.5. The molecule has 0 saturated carbocycles. The minimum atomic E-state index is -0.250. The van der Waals surface area contributed by atoms with Crippen LogP contribution in [0.5, 0.6) is 0 Å². The monoisotopic (exact) mass is 380 g/mol. The van der Waals surface area contributed by atoms with Crippen molar-refractivity contribution in [3.8, 4) is 0 Å². The molecule has 2 aromatic heterocycles. The molecule has 4 rings (SSSR count). The molecule has 0 atom stereocenters. The van der Waals surface area contributed by atoms with Gasteiger partial charge in [0.1, 0.15) is 5.52 Å². The molecule has 1 N–H and O–H groups in total. The standard InChI is InChI=1S/C22H24N2O4/c1-15-5-6-20-19(24-15)12-21(28-20)22(25)23-13-16-3-2-4-17(11-16)14-27-18-7-9-26-10-8-18/h2-6,11-12,18H,7-10,13-14H2,1H3,(H,23,25). The molecule has 1 aliphatic heterocycles. The number of carbonyl (C=O) groups excluding carboxylic acids is 1. The van der Waals surface area contributed by atoms with Crippen molar-refractivity contribution in [3.63, 3.8) is 0 Å². The fourth-order valence-corrected chi connectivity index (χ4v) is 3.29. The molecular formula is C22H24N2O4. The van der Waals surface area contributed by atoms with Gasteiger partial charge in [-0.2, -0.15) is 0 Å². The van der Waals surface area contributed by atoms with Gasteiger partial charge in [0, 0.05) is 31.5 Å². The van der Waals surface area contributed by atoms with Crippen LogP contribution in [0, 0.1) is 6.92 Å². The predicted molar refractivity (Wildman–Crippen MR) is 105 cm³/mol. The van der Waals surface area contributed by atoms with E-state index in [1.54, 1.807) is 6.07 Å². The number of nitrogens with one attached hydrogen (secondary N) is 1. The summed E-state index contributed by atoms with van der Waals surface area (Å²) in [7, 11) is 0. The third-order valence-corrected chi connectivity index (χ3v) is 4.84. The molecule has 3 heterocycles.